The Bertz CT molecular complexity index is 856. The molecule has 0 aromatic heterocycles. The van der Waals surface area contributed by atoms with Crippen LogP contribution in [0, 0.1) is 11.6 Å². The lowest BCUT2D eigenvalue weighted by Gasteiger charge is -2.14. The van der Waals surface area contributed by atoms with Gasteiger partial charge in [0.15, 0.2) is 17.6 Å². The van der Waals surface area contributed by atoms with Crippen LogP contribution in [0.5, 0.6) is 11.5 Å². The monoisotopic (exact) mass is 393 g/mol. The highest BCUT2D eigenvalue weighted by Gasteiger charge is 2.19. The Hall–Kier alpha value is -3.16. The third-order valence-electron chi connectivity index (χ3n) is 3.93. The molecule has 0 radical (unpaired) electrons. The molecule has 8 heteroatoms. The van der Waals surface area contributed by atoms with E-state index >= 15 is 0 Å². The highest BCUT2D eigenvalue weighted by molar-refractivity contribution is 5.95. The standard InChI is InChI=1S/C20H21F2NO5/c1-12(20(25)23-16-7-6-14(21)11-15(16)22)28-19(24)9-5-13-4-8-17(26-2)18(10-13)27-3/h4,6-8,10-12H,5,9H2,1-3H3,(H,23,25)/t12-/m0/s1. The molecule has 0 saturated heterocycles. The van der Waals surface area contributed by atoms with Crippen molar-refractivity contribution in [1.82, 2.24) is 0 Å². The number of nitrogens with one attached hydrogen (secondary N) is 1. The molecule has 0 saturated carbocycles. The van der Waals surface area contributed by atoms with Gasteiger partial charge >= 0.3 is 5.97 Å². The van der Waals surface area contributed by atoms with E-state index in [0.29, 0.717) is 24.0 Å². The molecule has 0 fully saturated rings. The highest BCUT2D eigenvalue weighted by Crippen LogP contribution is 2.28. The van der Waals surface area contributed by atoms with E-state index in [4.69, 9.17) is 14.2 Å². The third-order valence-corrected chi connectivity index (χ3v) is 3.93. The molecule has 2 rings (SSSR count). The van der Waals surface area contributed by atoms with E-state index in [0.717, 1.165) is 17.7 Å². The maximum Gasteiger partial charge on any atom is 0.306 e. The largest absolute Gasteiger partial charge is 0.493 e. The molecule has 1 N–H and O–H groups in total. The SMILES string of the molecule is COc1ccc(CCC(=O)O[C@@H](C)C(=O)Nc2ccc(F)cc2F)cc1OC. The number of rotatable bonds is 8. The van der Waals surface area contributed by atoms with Gasteiger partial charge in [-0.25, -0.2) is 8.78 Å². The number of ether oxygens (including phenoxy) is 3. The van der Waals surface area contributed by atoms with Gasteiger partial charge in [0.2, 0.25) is 0 Å². The second-order valence-corrected chi connectivity index (χ2v) is 5.93. The maximum atomic E-state index is 13.6. The molecule has 0 aliphatic heterocycles. The number of benzene rings is 2. The summed E-state index contributed by atoms with van der Waals surface area (Å²) in [5.74, 6) is -1.86. The van der Waals surface area contributed by atoms with Gasteiger partial charge in [-0.1, -0.05) is 6.07 Å². The summed E-state index contributed by atoms with van der Waals surface area (Å²) in [6.07, 6.45) is -0.722. The van der Waals surface area contributed by atoms with Crippen LogP contribution in [0.1, 0.15) is 18.9 Å². The smallest absolute Gasteiger partial charge is 0.306 e. The average molecular weight is 393 g/mol. The van der Waals surface area contributed by atoms with Crippen molar-refractivity contribution in [3.8, 4) is 11.5 Å². The minimum absolute atomic E-state index is 0.0397. The van der Waals surface area contributed by atoms with Crippen LogP contribution < -0.4 is 14.8 Å². The van der Waals surface area contributed by atoms with Crippen molar-refractivity contribution in [2.45, 2.75) is 25.9 Å². The van der Waals surface area contributed by atoms with Gasteiger partial charge in [-0.05, 0) is 43.2 Å². The summed E-state index contributed by atoms with van der Waals surface area (Å²) in [4.78, 5) is 24.0. The minimum Gasteiger partial charge on any atom is -0.493 e. The number of aryl methyl sites for hydroxylation is 1. The summed E-state index contributed by atoms with van der Waals surface area (Å²) in [7, 11) is 3.04. The summed E-state index contributed by atoms with van der Waals surface area (Å²) in [6, 6.07) is 8.02. The highest BCUT2D eigenvalue weighted by atomic mass is 19.1. The molecule has 1 atom stereocenters. The molecular weight excluding hydrogens is 372 g/mol. The first kappa shape index (κ1) is 21.1. The first-order chi connectivity index (χ1) is 13.3. The van der Waals surface area contributed by atoms with Crippen LogP contribution in [0.4, 0.5) is 14.5 Å². The lowest BCUT2D eigenvalue weighted by atomic mass is 10.1. The topological polar surface area (TPSA) is 73.9 Å². The van der Waals surface area contributed by atoms with Crippen molar-refractivity contribution in [2.24, 2.45) is 0 Å². The van der Waals surface area contributed by atoms with Crippen molar-refractivity contribution in [3.63, 3.8) is 0 Å². The molecule has 150 valence electrons. The summed E-state index contributed by atoms with van der Waals surface area (Å²) in [6.45, 7) is 1.37. The van der Waals surface area contributed by atoms with Crippen molar-refractivity contribution in [1.29, 1.82) is 0 Å². The Balaban J connectivity index is 1.87. The second-order valence-electron chi connectivity index (χ2n) is 5.93. The average Bonchev–Trinajstić information content (AvgIpc) is 2.68. The van der Waals surface area contributed by atoms with Gasteiger partial charge in [0, 0.05) is 12.5 Å². The van der Waals surface area contributed by atoms with E-state index in [1.54, 1.807) is 18.2 Å². The van der Waals surface area contributed by atoms with E-state index < -0.39 is 29.6 Å². The first-order valence-electron chi connectivity index (χ1n) is 8.50. The fourth-order valence-corrected chi connectivity index (χ4v) is 2.42. The predicted octanol–water partition coefficient (Wildman–Crippen LogP) is 3.49. The molecular formula is C20H21F2NO5. The van der Waals surface area contributed by atoms with Gasteiger partial charge < -0.3 is 19.5 Å². The molecule has 2 aromatic rings. The van der Waals surface area contributed by atoms with Crippen LogP contribution in [0.15, 0.2) is 36.4 Å². The Morgan fingerprint density at radius 3 is 2.39 bits per heavy atom. The molecule has 28 heavy (non-hydrogen) atoms. The van der Waals surface area contributed by atoms with Gasteiger partial charge in [-0.2, -0.15) is 0 Å². The van der Waals surface area contributed by atoms with Crippen LogP contribution >= 0.6 is 0 Å². The summed E-state index contributed by atoms with van der Waals surface area (Å²) >= 11 is 0. The van der Waals surface area contributed by atoms with Crippen LogP contribution in [-0.4, -0.2) is 32.2 Å². The molecule has 0 aliphatic rings. The third kappa shape index (κ3) is 5.67. The van der Waals surface area contributed by atoms with Gasteiger partial charge in [0.25, 0.3) is 5.91 Å². The Morgan fingerprint density at radius 1 is 1.04 bits per heavy atom. The van der Waals surface area contributed by atoms with E-state index in [9.17, 15) is 18.4 Å². The maximum absolute atomic E-state index is 13.6. The molecule has 0 spiro atoms. The second kappa shape index (κ2) is 9.68. The number of carbonyl (C=O) groups excluding carboxylic acids is 2. The van der Waals surface area contributed by atoms with Crippen molar-refractivity contribution in [2.75, 3.05) is 19.5 Å². The lowest BCUT2D eigenvalue weighted by Crippen LogP contribution is -2.30. The van der Waals surface area contributed by atoms with Gasteiger partial charge in [-0.3, -0.25) is 9.59 Å². The Morgan fingerprint density at radius 2 is 1.75 bits per heavy atom. The molecule has 0 heterocycles. The van der Waals surface area contributed by atoms with E-state index in [2.05, 4.69) is 5.32 Å². The number of amides is 1. The van der Waals surface area contributed by atoms with Crippen LogP contribution in [0.25, 0.3) is 0 Å². The molecule has 6 nitrogen and oxygen atoms in total. The predicted molar refractivity (Wildman–Crippen MR) is 98.4 cm³/mol. The van der Waals surface area contributed by atoms with Gasteiger partial charge in [-0.15, -0.1) is 0 Å². The normalized spacial score (nSPS) is 11.5. The number of methoxy groups -OCH3 is 2. The fraction of sp³-hybridized carbons (Fsp3) is 0.300. The number of hydrogen-bond donors (Lipinski definition) is 1. The van der Waals surface area contributed by atoms with Crippen molar-refractivity contribution in [3.05, 3.63) is 53.6 Å². The van der Waals surface area contributed by atoms with E-state index in [1.807, 2.05) is 0 Å². The van der Waals surface area contributed by atoms with Crippen LogP contribution in [-0.2, 0) is 20.7 Å². The number of carbonyl (C=O) groups is 2. The number of esters is 1. The van der Waals surface area contributed by atoms with Crippen molar-refractivity contribution < 1.29 is 32.6 Å². The molecule has 0 unspecified atom stereocenters. The van der Waals surface area contributed by atoms with Crippen molar-refractivity contribution >= 4 is 17.6 Å². The van der Waals surface area contributed by atoms with Gasteiger partial charge in [0.05, 0.1) is 19.9 Å². The minimum atomic E-state index is -1.14. The van der Waals surface area contributed by atoms with Crippen LogP contribution in [0.2, 0.25) is 0 Å². The molecule has 2 aromatic carbocycles. The summed E-state index contributed by atoms with van der Waals surface area (Å²) in [5.41, 5.74) is 0.639. The number of anilines is 1. The Kier molecular flexibility index (Phi) is 7.31. The fourth-order valence-electron chi connectivity index (χ4n) is 2.42. The zero-order valence-corrected chi connectivity index (χ0v) is 15.8. The molecule has 0 aliphatic carbocycles. The number of halogens is 2. The zero-order valence-electron chi connectivity index (χ0n) is 15.8. The zero-order chi connectivity index (χ0) is 20.7. The lowest BCUT2D eigenvalue weighted by molar-refractivity contribution is -0.153. The first-order valence-corrected chi connectivity index (χ1v) is 8.50. The Labute approximate surface area is 161 Å². The van der Waals surface area contributed by atoms with Crippen LogP contribution in [0.3, 0.4) is 0 Å². The van der Waals surface area contributed by atoms with E-state index in [1.165, 1.54) is 21.1 Å². The quantitative estimate of drug-likeness (QED) is 0.695. The summed E-state index contributed by atoms with van der Waals surface area (Å²) in [5, 5.41) is 2.26. The molecule has 0 bridgehead atoms. The van der Waals surface area contributed by atoms with Gasteiger partial charge in [0.1, 0.15) is 11.6 Å². The molecule has 1 amide bonds. The summed E-state index contributed by atoms with van der Waals surface area (Å²) < 4.78 is 41.9. The number of hydrogen-bond acceptors (Lipinski definition) is 5. The van der Waals surface area contributed by atoms with E-state index in [-0.39, 0.29) is 12.1 Å².